The molecule has 0 bridgehead atoms. The predicted octanol–water partition coefficient (Wildman–Crippen LogP) is 5.53. The van der Waals surface area contributed by atoms with Crippen molar-refractivity contribution in [3.05, 3.63) is 85.4 Å². The van der Waals surface area contributed by atoms with Crippen LogP contribution in [0.25, 0.3) is 0 Å². The SMILES string of the molecule is Cc1cc(SCC2=C(C(=O)O)N3C(=O)[C@@H](NC(=O)CSc4cc(Cl)ccc4Cl)[C@H]3SC2)cc(CCC(=O)O)[n+]1CCc1cccs1. The quantitative estimate of drug-likeness (QED) is 0.111. The number of carboxylic acids is 2. The highest BCUT2D eigenvalue weighted by molar-refractivity contribution is 8.01. The van der Waals surface area contributed by atoms with Crippen molar-refractivity contribution in [1.29, 1.82) is 0 Å². The van der Waals surface area contributed by atoms with E-state index in [1.807, 2.05) is 30.5 Å². The first-order valence-electron chi connectivity index (χ1n) is 14.2. The number of aryl methyl sites for hydroxylation is 3. The maximum Gasteiger partial charge on any atom is 0.352 e. The third-order valence-corrected chi connectivity index (χ3v) is 12.5. The number of carbonyl (C=O) groups excluding carboxylic acids is 2. The molecular formula is C31H30Cl2N3O6S4+. The zero-order chi connectivity index (χ0) is 33.0. The molecule has 3 aromatic rings. The van der Waals surface area contributed by atoms with Crippen molar-refractivity contribution in [3.63, 3.8) is 0 Å². The van der Waals surface area contributed by atoms with E-state index >= 15 is 0 Å². The van der Waals surface area contributed by atoms with Gasteiger partial charge in [-0.25, -0.2) is 4.79 Å². The molecule has 0 aliphatic carbocycles. The number of fused-ring (bicyclic) bond motifs is 1. The summed E-state index contributed by atoms with van der Waals surface area (Å²) in [4.78, 5) is 53.6. The molecule has 15 heteroatoms. The average molecular weight is 740 g/mol. The van der Waals surface area contributed by atoms with Crippen LogP contribution in [0.4, 0.5) is 0 Å². The third kappa shape index (κ3) is 8.23. The molecule has 0 saturated carbocycles. The number of hydrogen-bond donors (Lipinski definition) is 3. The Hall–Kier alpha value is -2.68. The van der Waals surface area contributed by atoms with Crippen molar-refractivity contribution in [3.8, 4) is 0 Å². The number of thioether (sulfide) groups is 3. The van der Waals surface area contributed by atoms with Gasteiger partial charge in [0.25, 0.3) is 5.91 Å². The molecule has 0 spiro atoms. The lowest BCUT2D eigenvalue weighted by Crippen LogP contribution is -2.70. The standard InChI is InChI=1S/C31H29Cl2N3O6S4/c1-17-11-22(13-20(5-7-26(38)39)35(17)9-8-21-3-2-10-43-21)44-14-18-15-46-30-27(29(40)36(30)28(18)31(41)42)34-25(37)16-45-24-12-19(32)4-6-23(24)33/h2-4,6,10-13,27,30H,5,7-9,14-16H2,1H3,(H2-,34,37,38,39,41,42)/p+1/t27-,30-/m1/s1. The van der Waals surface area contributed by atoms with Crippen LogP contribution in [0.5, 0.6) is 0 Å². The number of nitrogens with one attached hydrogen (secondary N) is 1. The van der Waals surface area contributed by atoms with Crippen LogP contribution >= 0.6 is 69.8 Å². The second kappa shape index (κ2) is 15.5. The predicted molar refractivity (Wildman–Crippen MR) is 183 cm³/mol. The van der Waals surface area contributed by atoms with Crippen molar-refractivity contribution >= 4 is 93.6 Å². The maximum absolute atomic E-state index is 13.1. The minimum Gasteiger partial charge on any atom is -0.481 e. The fourth-order valence-corrected chi connectivity index (χ4v) is 9.76. The average Bonchev–Trinajstić information content (AvgIpc) is 3.54. The number of benzene rings is 1. The van der Waals surface area contributed by atoms with Crippen LogP contribution in [-0.4, -0.2) is 67.5 Å². The van der Waals surface area contributed by atoms with Gasteiger partial charge < -0.3 is 15.5 Å². The second-order valence-electron chi connectivity index (χ2n) is 10.6. The topological polar surface area (TPSA) is 128 Å². The Bertz CT molecular complexity index is 1700. The third-order valence-electron chi connectivity index (χ3n) is 7.42. The molecule has 2 amide bonds. The van der Waals surface area contributed by atoms with Crippen molar-refractivity contribution in [2.75, 3.05) is 17.3 Å². The number of amides is 2. The maximum atomic E-state index is 13.1. The number of β-lactam (4-membered cyclic amide) rings is 1. The number of nitrogens with zero attached hydrogens (tertiary/aromatic N) is 2. The minimum absolute atomic E-state index is 0.000716. The summed E-state index contributed by atoms with van der Waals surface area (Å²) in [6.45, 7) is 2.71. The van der Waals surface area contributed by atoms with E-state index in [1.165, 1.54) is 45.1 Å². The molecule has 2 aromatic heterocycles. The summed E-state index contributed by atoms with van der Waals surface area (Å²) in [5.74, 6) is -2.14. The normalized spacial score (nSPS) is 17.5. The van der Waals surface area contributed by atoms with Gasteiger partial charge in [0.05, 0.1) is 17.2 Å². The van der Waals surface area contributed by atoms with Gasteiger partial charge in [-0.15, -0.1) is 46.6 Å². The van der Waals surface area contributed by atoms with Gasteiger partial charge in [0.1, 0.15) is 17.1 Å². The van der Waals surface area contributed by atoms with E-state index in [-0.39, 0.29) is 23.8 Å². The number of pyridine rings is 1. The Morgan fingerprint density at radius 3 is 2.63 bits per heavy atom. The van der Waals surface area contributed by atoms with Crippen LogP contribution < -0.4 is 9.88 Å². The van der Waals surface area contributed by atoms with Crippen molar-refractivity contribution in [2.45, 2.75) is 53.9 Å². The van der Waals surface area contributed by atoms with Gasteiger partial charge in [-0.1, -0.05) is 29.3 Å². The van der Waals surface area contributed by atoms with E-state index < -0.39 is 29.3 Å². The lowest BCUT2D eigenvalue weighted by Gasteiger charge is -2.49. The lowest BCUT2D eigenvalue weighted by molar-refractivity contribution is -0.709. The van der Waals surface area contributed by atoms with Gasteiger partial charge in [-0.3, -0.25) is 19.3 Å². The van der Waals surface area contributed by atoms with Crippen molar-refractivity contribution in [2.24, 2.45) is 0 Å². The minimum atomic E-state index is -1.19. The van der Waals surface area contributed by atoms with Crippen LogP contribution in [0.15, 0.2) is 68.9 Å². The Morgan fingerprint density at radius 2 is 1.91 bits per heavy atom. The molecule has 9 nitrogen and oxygen atoms in total. The number of aromatic nitrogens is 1. The molecule has 0 unspecified atom stereocenters. The molecule has 2 atom stereocenters. The molecule has 3 N–H and O–H groups in total. The second-order valence-corrected chi connectivity index (χ2v) is 15.6. The summed E-state index contributed by atoms with van der Waals surface area (Å²) < 4.78 is 2.14. The van der Waals surface area contributed by atoms with Gasteiger partial charge in [0.15, 0.2) is 17.9 Å². The molecule has 0 radical (unpaired) electrons. The van der Waals surface area contributed by atoms with E-state index in [1.54, 1.807) is 29.5 Å². The van der Waals surface area contributed by atoms with E-state index in [9.17, 15) is 29.4 Å². The fraction of sp³-hybridized carbons (Fsp3) is 0.323. The highest BCUT2D eigenvalue weighted by Gasteiger charge is 2.54. The van der Waals surface area contributed by atoms with Gasteiger partial charge in [-0.05, 0) is 35.2 Å². The van der Waals surface area contributed by atoms with Crippen LogP contribution in [0.3, 0.4) is 0 Å². The molecule has 1 saturated heterocycles. The first-order valence-corrected chi connectivity index (χ1v) is 18.8. The van der Waals surface area contributed by atoms with Gasteiger partial charge >= 0.3 is 11.9 Å². The number of halogens is 2. The molecule has 2 aliphatic heterocycles. The Morgan fingerprint density at radius 1 is 1.11 bits per heavy atom. The van der Waals surface area contributed by atoms with Gasteiger partial charge in [-0.2, -0.15) is 4.57 Å². The van der Waals surface area contributed by atoms with Crippen LogP contribution in [-0.2, 0) is 38.6 Å². The Kier molecular flexibility index (Phi) is 11.7. The first-order chi connectivity index (χ1) is 22.0. The van der Waals surface area contributed by atoms with Gasteiger partial charge in [0, 0.05) is 63.1 Å². The zero-order valence-corrected chi connectivity index (χ0v) is 29.3. The summed E-state index contributed by atoms with van der Waals surface area (Å²) in [7, 11) is 0. The monoisotopic (exact) mass is 738 g/mol. The van der Waals surface area contributed by atoms with E-state index in [2.05, 4.69) is 16.0 Å². The van der Waals surface area contributed by atoms with Crippen LogP contribution in [0.2, 0.25) is 10.0 Å². The largest absolute Gasteiger partial charge is 0.481 e. The number of rotatable bonds is 14. The van der Waals surface area contributed by atoms with E-state index in [0.717, 1.165) is 29.2 Å². The Labute approximate surface area is 292 Å². The number of carbonyl (C=O) groups is 4. The summed E-state index contributed by atoms with van der Waals surface area (Å²) >= 11 is 18.0. The molecule has 5 rings (SSSR count). The molecule has 4 heterocycles. The fourth-order valence-electron chi connectivity index (χ4n) is 5.23. The summed E-state index contributed by atoms with van der Waals surface area (Å²) in [6, 6.07) is 12.2. The van der Waals surface area contributed by atoms with Gasteiger partial charge in [0.2, 0.25) is 5.91 Å². The first kappa shape index (κ1) is 34.6. The van der Waals surface area contributed by atoms with Crippen molar-refractivity contribution < 1.29 is 34.0 Å². The number of hydrogen-bond acceptors (Lipinski definition) is 8. The highest BCUT2D eigenvalue weighted by Crippen LogP contribution is 2.42. The summed E-state index contributed by atoms with van der Waals surface area (Å²) in [6.07, 6.45) is 1.21. The lowest BCUT2D eigenvalue weighted by atomic mass is 10.0. The molecule has 1 fully saturated rings. The Balaban J connectivity index is 1.25. The molecule has 1 aromatic carbocycles. The summed E-state index contributed by atoms with van der Waals surface area (Å²) in [5, 5.41) is 24.7. The van der Waals surface area contributed by atoms with Crippen LogP contribution in [0.1, 0.15) is 22.7 Å². The van der Waals surface area contributed by atoms with E-state index in [0.29, 0.717) is 38.4 Å². The number of carboxylic acid groups (broad SMARTS) is 2. The molecule has 242 valence electrons. The zero-order valence-electron chi connectivity index (χ0n) is 24.5. The van der Waals surface area contributed by atoms with Crippen LogP contribution in [0, 0.1) is 6.92 Å². The van der Waals surface area contributed by atoms with Crippen molar-refractivity contribution in [1.82, 2.24) is 10.2 Å². The molecule has 2 aliphatic rings. The molecular weight excluding hydrogens is 710 g/mol. The molecule has 46 heavy (non-hydrogen) atoms. The number of aliphatic carboxylic acids is 2. The highest BCUT2D eigenvalue weighted by atomic mass is 35.5. The van der Waals surface area contributed by atoms with E-state index in [4.69, 9.17) is 23.2 Å². The smallest absolute Gasteiger partial charge is 0.352 e. The number of thiophene rings is 1. The summed E-state index contributed by atoms with van der Waals surface area (Å²) in [5.41, 5.74) is 2.46.